The van der Waals surface area contributed by atoms with Crippen molar-refractivity contribution in [3.8, 4) is 5.75 Å². The number of nitrogens with zero attached hydrogens (tertiary/aromatic N) is 2. The lowest BCUT2D eigenvalue weighted by atomic mass is 10.1. The van der Waals surface area contributed by atoms with Crippen molar-refractivity contribution in [2.24, 2.45) is 5.73 Å². The van der Waals surface area contributed by atoms with Gasteiger partial charge in [-0.15, -0.1) is 0 Å². The number of pyridine rings is 1. The molecule has 0 spiro atoms. The van der Waals surface area contributed by atoms with Gasteiger partial charge in [0.2, 0.25) is 0 Å². The van der Waals surface area contributed by atoms with E-state index in [2.05, 4.69) is 17.1 Å². The standard InChI is InChI=1S/C22H25N3O2/c1-16-14-20(19-15-18(27-2)8-9-21(19)24-16)22(26)25(13-11-23)12-10-17-6-4-3-5-7-17/h3-9,14-15H,10-13,23H2,1-2H3. The van der Waals surface area contributed by atoms with Crippen molar-refractivity contribution in [2.45, 2.75) is 13.3 Å². The average Bonchev–Trinajstić information content (AvgIpc) is 2.70. The predicted molar refractivity (Wildman–Crippen MR) is 108 cm³/mol. The summed E-state index contributed by atoms with van der Waals surface area (Å²) in [6, 6.07) is 17.6. The second-order valence-electron chi connectivity index (χ2n) is 6.51. The summed E-state index contributed by atoms with van der Waals surface area (Å²) in [7, 11) is 1.62. The number of methoxy groups -OCH3 is 1. The van der Waals surface area contributed by atoms with E-state index in [1.165, 1.54) is 5.56 Å². The Kier molecular flexibility index (Phi) is 6.04. The Bertz CT molecular complexity index is 925. The predicted octanol–water partition coefficient (Wildman–Crippen LogP) is 3.20. The van der Waals surface area contributed by atoms with Crippen LogP contribution in [0, 0.1) is 6.92 Å². The minimum Gasteiger partial charge on any atom is -0.497 e. The number of aryl methyl sites for hydroxylation is 1. The normalized spacial score (nSPS) is 10.8. The van der Waals surface area contributed by atoms with Gasteiger partial charge < -0.3 is 15.4 Å². The highest BCUT2D eigenvalue weighted by molar-refractivity contribution is 6.06. The number of hydrogen-bond acceptors (Lipinski definition) is 4. The van der Waals surface area contributed by atoms with Gasteiger partial charge in [-0.25, -0.2) is 0 Å². The molecule has 5 heteroatoms. The largest absolute Gasteiger partial charge is 0.497 e. The second kappa shape index (κ2) is 8.64. The van der Waals surface area contributed by atoms with Crippen molar-refractivity contribution >= 4 is 16.8 Å². The van der Waals surface area contributed by atoms with Crippen molar-refractivity contribution in [2.75, 3.05) is 26.7 Å². The van der Waals surface area contributed by atoms with E-state index in [-0.39, 0.29) is 5.91 Å². The first-order valence-electron chi connectivity index (χ1n) is 9.11. The smallest absolute Gasteiger partial charge is 0.254 e. The number of carbonyl (C=O) groups is 1. The minimum atomic E-state index is -0.0277. The topological polar surface area (TPSA) is 68.5 Å². The molecule has 3 rings (SSSR count). The van der Waals surface area contributed by atoms with Crippen molar-refractivity contribution in [3.63, 3.8) is 0 Å². The van der Waals surface area contributed by atoms with Crippen LogP contribution < -0.4 is 10.5 Å². The van der Waals surface area contributed by atoms with E-state index in [1.807, 2.05) is 54.3 Å². The van der Waals surface area contributed by atoms with Gasteiger partial charge in [-0.3, -0.25) is 9.78 Å². The molecule has 1 aromatic heterocycles. The van der Waals surface area contributed by atoms with Gasteiger partial charge in [0.05, 0.1) is 18.2 Å². The Balaban J connectivity index is 1.93. The number of benzene rings is 2. The quantitative estimate of drug-likeness (QED) is 0.700. The van der Waals surface area contributed by atoms with Crippen LogP contribution in [-0.4, -0.2) is 42.5 Å². The Labute approximate surface area is 159 Å². The molecule has 0 aliphatic carbocycles. The molecule has 0 radical (unpaired) electrons. The molecule has 2 aromatic carbocycles. The number of amides is 1. The molecule has 0 bridgehead atoms. The molecule has 0 fully saturated rings. The van der Waals surface area contributed by atoms with Gasteiger partial charge in [-0.05, 0) is 43.2 Å². The summed E-state index contributed by atoms with van der Waals surface area (Å²) >= 11 is 0. The van der Waals surface area contributed by atoms with Gasteiger partial charge in [-0.1, -0.05) is 30.3 Å². The summed E-state index contributed by atoms with van der Waals surface area (Å²) in [4.78, 5) is 19.7. The van der Waals surface area contributed by atoms with Crippen molar-refractivity contribution in [3.05, 3.63) is 71.4 Å². The van der Waals surface area contributed by atoms with E-state index in [9.17, 15) is 4.79 Å². The van der Waals surface area contributed by atoms with Gasteiger partial charge in [0.25, 0.3) is 5.91 Å². The SMILES string of the molecule is COc1ccc2nc(C)cc(C(=O)N(CCN)CCc3ccccc3)c2c1. The molecule has 0 atom stereocenters. The summed E-state index contributed by atoms with van der Waals surface area (Å²) in [6.45, 7) is 3.45. The molecule has 5 nitrogen and oxygen atoms in total. The molecule has 0 unspecified atom stereocenters. The number of fused-ring (bicyclic) bond motifs is 1. The number of ether oxygens (including phenoxy) is 1. The zero-order valence-corrected chi connectivity index (χ0v) is 15.8. The molecule has 0 aliphatic heterocycles. The van der Waals surface area contributed by atoms with Gasteiger partial charge >= 0.3 is 0 Å². The van der Waals surface area contributed by atoms with E-state index in [0.29, 0.717) is 30.9 Å². The third kappa shape index (κ3) is 4.44. The third-order valence-electron chi connectivity index (χ3n) is 4.57. The molecule has 3 aromatic rings. The van der Waals surface area contributed by atoms with E-state index < -0.39 is 0 Å². The molecule has 1 amide bonds. The van der Waals surface area contributed by atoms with Crippen LogP contribution in [0.4, 0.5) is 0 Å². The van der Waals surface area contributed by atoms with Crippen LogP contribution in [0.2, 0.25) is 0 Å². The maximum absolute atomic E-state index is 13.3. The molecular weight excluding hydrogens is 338 g/mol. The fourth-order valence-corrected chi connectivity index (χ4v) is 3.19. The second-order valence-corrected chi connectivity index (χ2v) is 6.51. The Morgan fingerprint density at radius 3 is 2.59 bits per heavy atom. The van der Waals surface area contributed by atoms with E-state index in [0.717, 1.165) is 23.0 Å². The Morgan fingerprint density at radius 2 is 1.89 bits per heavy atom. The molecule has 0 saturated carbocycles. The lowest BCUT2D eigenvalue weighted by Gasteiger charge is -2.23. The number of rotatable bonds is 7. The highest BCUT2D eigenvalue weighted by Crippen LogP contribution is 2.25. The summed E-state index contributed by atoms with van der Waals surface area (Å²) in [5.41, 5.74) is 9.21. The maximum Gasteiger partial charge on any atom is 0.254 e. The fourth-order valence-electron chi connectivity index (χ4n) is 3.19. The highest BCUT2D eigenvalue weighted by atomic mass is 16.5. The Hall–Kier alpha value is -2.92. The summed E-state index contributed by atoms with van der Waals surface area (Å²) in [5.74, 6) is 0.678. The molecule has 2 N–H and O–H groups in total. The van der Waals surface area contributed by atoms with E-state index in [1.54, 1.807) is 7.11 Å². The molecule has 0 aliphatic rings. The fraction of sp³-hybridized carbons (Fsp3) is 0.273. The number of carbonyl (C=O) groups excluding carboxylic acids is 1. The van der Waals surface area contributed by atoms with Crippen LogP contribution >= 0.6 is 0 Å². The van der Waals surface area contributed by atoms with Gasteiger partial charge in [0, 0.05) is 30.7 Å². The van der Waals surface area contributed by atoms with Crippen LogP contribution in [0.15, 0.2) is 54.6 Å². The molecule has 1 heterocycles. The van der Waals surface area contributed by atoms with Crippen LogP contribution in [-0.2, 0) is 6.42 Å². The zero-order chi connectivity index (χ0) is 19.2. The lowest BCUT2D eigenvalue weighted by molar-refractivity contribution is 0.0764. The monoisotopic (exact) mass is 363 g/mol. The number of aromatic nitrogens is 1. The average molecular weight is 363 g/mol. The summed E-state index contributed by atoms with van der Waals surface area (Å²) < 4.78 is 5.33. The van der Waals surface area contributed by atoms with E-state index >= 15 is 0 Å². The molecule has 27 heavy (non-hydrogen) atoms. The van der Waals surface area contributed by atoms with Crippen LogP contribution in [0.25, 0.3) is 10.9 Å². The zero-order valence-electron chi connectivity index (χ0n) is 15.8. The minimum absolute atomic E-state index is 0.0277. The van der Waals surface area contributed by atoms with Crippen LogP contribution in [0.5, 0.6) is 5.75 Å². The first-order valence-corrected chi connectivity index (χ1v) is 9.11. The van der Waals surface area contributed by atoms with Crippen molar-refractivity contribution < 1.29 is 9.53 Å². The maximum atomic E-state index is 13.3. The summed E-state index contributed by atoms with van der Waals surface area (Å²) in [5, 5.41) is 0.798. The third-order valence-corrected chi connectivity index (χ3v) is 4.57. The van der Waals surface area contributed by atoms with Crippen LogP contribution in [0.3, 0.4) is 0 Å². The first kappa shape index (κ1) is 18.9. The van der Waals surface area contributed by atoms with Crippen molar-refractivity contribution in [1.82, 2.24) is 9.88 Å². The number of hydrogen-bond donors (Lipinski definition) is 1. The number of nitrogens with two attached hydrogens (primary N) is 1. The summed E-state index contributed by atoms with van der Waals surface area (Å²) in [6.07, 6.45) is 0.790. The van der Waals surface area contributed by atoms with Gasteiger partial charge in [0.1, 0.15) is 5.75 Å². The van der Waals surface area contributed by atoms with Gasteiger partial charge in [0.15, 0.2) is 0 Å². The molecule has 140 valence electrons. The molecule has 0 saturated heterocycles. The first-order chi connectivity index (χ1) is 13.1. The van der Waals surface area contributed by atoms with Gasteiger partial charge in [-0.2, -0.15) is 0 Å². The van der Waals surface area contributed by atoms with E-state index in [4.69, 9.17) is 10.5 Å². The van der Waals surface area contributed by atoms with Crippen LogP contribution in [0.1, 0.15) is 21.6 Å². The highest BCUT2D eigenvalue weighted by Gasteiger charge is 2.19. The Morgan fingerprint density at radius 1 is 1.11 bits per heavy atom. The van der Waals surface area contributed by atoms with Crippen molar-refractivity contribution in [1.29, 1.82) is 0 Å². The lowest BCUT2D eigenvalue weighted by Crippen LogP contribution is -2.37. The molecular formula is C22H25N3O2.